The Morgan fingerprint density at radius 2 is 1.83 bits per heavy atom. The average Bonchev–Trinajstić information content (AvgIpc) is 2.75. The summed E-state index contributed by atoms with van der Waals surface area (Å²) in [5, 5.41) is 1.09. The molecular weight excluding hydrogens is 306 g/mol. The van der Waals surface area contributed by atoms with Gasteiger partial charge in [-0.1, -0.05) is 28.1 Å². The van der Waals surface area contributed by atoms with Crippen LogP contribution in [-0.4, -0.2) is 4.98 Å². The summed E-state index contributed by atoms with van der Waals surface area (Å²) in [7, 11) is 0. The third kappa shape index (κ3) is 2.08. The Hall–Kier alpha value is -1.19. The Morgan fingerprint density at radius 1 is 1.00 bits per heavy atom. The number of hydrogen-bond donors (Lipinski definition) is 0. The van der Waals surface area contributed by atoms with E-state index >= 15 is 0 Å². The summed E-state index contributed by atoms with van der Waals surface area (Å²) in [6.45, 7) is 4.28. The number of aromatic nitrogens is 1. The molecule has 0 bridgehead atoms. The van der Waals surface area contributed by atoms with E-state index in [1.807, 2.05) is 6.07 Å². The SMILES string of the molecule is Cc1ccc(-c2nc3ccc(Br)cc3s2)cc1C. The maximum atomic E-state index is 4.69. The van der Waals surface area contributed by atoms with E-state index in [1.54, 1.807) is 11.3 Å². The number of thiazole rings is 1. The van der Waals surface area contributed by atoms with Crippen LogP contribution in [0.5, 0.6) is 0 Å². The fourth-order valence-electron chi connectivity index (χ4n) is 1.90. The van der Waals surface area contributed by atoms with E-state index in [-0.39, 0.29) is 0 Å². The van der Waals surface area contributed by atoms with Gasteiger partial charge in [-0.15, -0.1) is 11.3 Å². The smallest absolute Gasteiger partial charge is 0.124 e. The van der Waals surface area contributed by atoms with Crippen LogP contribution in [0, 0.1) is 13.8 Å². The maximum Gasteiger partial charge on any atom is 0.124 e. The molecule has 0 N–H and O–H groups in total. The van der Waals surface area contributed by atoms with Gasteiger partial charge < -0.3 is 0 Å². The van der Waals surface area contributed by atoms with Crippen molar-refractivity contribution in [3.8, 4) is 10.6 Å². The van der Waals surface area contributed by atoms with Crippen molar-refractivity contribution in [3.63, 3.8) is 0 Å². The molecule has 3 aromatic rings. The zero-order valence-electron chi connectivity index (χ0n) is 10.2. The average molecular weight is 318 g/mol. The van der Waals surface area contributed by atoms with Crippen molar-refractivity contribution < 1.29 is 0 Å². The van der Waals surface area contributed by atoms with Gasteiger partial charge in [0.25, 0.3) is 0 Å². The van der Waals surface area contributed by atoms with Gasteiger partial charge in [0.05, 0.1) is 10.2 Å². The van der Waals surface area contributed by atoms with Gasteiger partial charge in [0.2, 0.25) is 0 Å². The zero-order valence-corrected chi connectivity index (χ0v) is 12.6. The first-order valence-electron chi connectivity index (χ1n) is 5.77. The molecule has 3 rings (SSSR count). The van der Waals surface area contributed by atoms with E-state index in [4.69, 9.17) is 4.98 Å². The molecule has 0 unspecified atom stereocenters. The third-order valence-corrected chi connectivity index (χ3v) is 4.66. The van der Waals surface area contributed by atoms with Crippen LogP contribution in [0.25, 0.3) is 20.8 Å². The molecular formula is C15H12BrNS. The van der Waals surface area contributed by atoms with Crippen molar-refractivity contribution in [2.45, 2.75) is 13.8 Å². The highest BCUT2D eigenvalue weighted by Gasteiger charge is 2.07. The predicted molar refractivity (Wildman–Crippen MR) is 82.2 cm³/mol. The first kappa shape index (κ1) is 11.9. The lowest BCUT2D eigenvalue weighted by atomic mass is 10.1. The van der Waals surface area contributed by atoms with Gasteiger partial charge in [-0.05, 0) is 49.2 Å². The standard InChI is InChI=1S/C15H12BrNS/c1-9-3-4-11(7-10(9)2)15-17-13-6-5-12(16)8-14(13)18-15/h3-8H,1-2H3. The molecule has 0 aliphatic rings. The monoisotopic (exact) mass is 317 g/mol. The van der Waals surface area contributed by atoms with E-state index < -0.39 is 0 Å². The number of benzene rings is 2. The molecule has 0 radical (unpaired) electrons. The highest BCUT2D eigenvalue weighted by Crippen LogP contribution is 2.32. The number of fused-ring (bicyclic) bond motifs is 1. The second-order valence-electron chi connectivity index (χ2n) is 4.43. The summed E-state index contributed by atoms with van der Waals surface area (Å²) in [6.07, 6.45) is 0. The van der Waals surface area contributed by atoms with Gasteiger partial charge >= 0.3 is 0 Å². The van der Waals surface area contributed by atoms with Crippen molar-refractivity contribution >= 4 is 37.5 Å². The minimum Gasteiger partial charge on any atom is -0.236 e. The van der Waals surface area contributed by atoms with Crippen LogP contribution in [0.2, 0.25) is 0 Å². The summed E-state index contributed by atoms with van der Waals surface area (Å²) in [6, 6.07) is 12.7. The molecule has 0 saturated heterocycles. The molecule has 18 heavy (non-hydrogen) atoms. The Labute approximate surface area is 119 Å². The van der Waals surface area contributed by atoms with Crippen LogP contribution in [-0.2, 0) is 0 Å². The van der Waals surface area contributed by atoms with Gasteiger partial charge in [0.1, 0.15) is 5.01 Å². The molecule has 2 aromatic carbocycles. The maximum absolute atomic E-state index is 4.69. The lowest BCUT2D eigenvalue weighted by Gasteiger charge is -2.01. The van der Waals surface area contributed by atoms with E-state index in [0.29, 0.717) is 0 Å². The van der Waals surface area contributed by atoms with Crippen LogP contribution in [0.1, 0.15) is 11.1 Å². The fraction of sp³-hybridized carbons (Fsp3) is 0.133. The third-order valence-electron chi connectivity index (χ3n) is 3.10. The van der Waals surface area contributed by atoms with Crippen LogP contribution < -0.4 is 0 Å². The van der Waals surface area contributed by atoms with Gasteiger partial charge in [0.15, 0.2) is 0 Å². The van der Waals surface area contributed by atoms with E-state index in [2.05, 4.69) is 60.1 Å². The minimum absolute atomic E-state index is 1.07. The Kier molecular flexibility index (Phi) is 2.96. The largest absolute Gasteiger partial charge is 0.236 e. The molecule has 1 nitrogen and oxygen atoms in total. The Balaban J connectivity index is 2.16. The summed E-state index contributed by atoms with van der Waals surface area (Å²) in [4.78, 5) is 4.69. The van der Waals surface area contributed by atoms with Crippen molar-refractivity contribution in [1.29, 1.82) is 0 Å². The van der Waals surface area contributed by atoms with E-state index in [0.717, 1.165) is 15.0 Å². The lowest BCUT2D eigenvalue weighted by Crippen LogP contribution is -1.82. The van der Waals surface area contributed by atoms with Gasteiger partial charge in [0, 0.05) is 10.0 Å². The number of nitrogens with zero attached hydrogens (tertiary/aromatic N) is 1. The van der Waals surface area contributed by atoms with Crippen LogP contribution in [0.15, 0.2) is 40.9 Å². The van der Waals surface area contributed by atoms with Gasteiger partial charge in [-0.2, -0.15) is 0 Å². The molecule has 0 saturated carbocycles. The molecule has 90 valence electrons. The quantitative estimate of drug-likeness (QED) is 0.590. The second-order valence-corrected chi connectivity index (χ2v) is 6.38. The summed E-state index contributed by atoms with van der Waals surface area (Å²) in [5.41, 5.74) is 4.90. The van der Waals surface area contributed by atoms with Crippen LogP contribution in [0.3, 0.4) is 0 Å². The molecule has 0 atom stereocenters. The molecule has 3 heteroatoms. The van der Waals surface area contributed by atoms with Crippen molar-refractivity contribution in [1.82, 2.24) is 4.98 Å². The number of aryl methyl sites for hydroxylation is 2. The summed E-state index contributed by atoms with van der Waals surface area (Å²) >= 11 is 5.24. The lowest BCUT2D eigenvalue weighted by molar-refractivity contribution is 1.33. The summed E-state index contributed by atoms with van der Waals surface area (Å²) in [5.74, 6) is 0. The minimum atomic E-state index is 1.07. The normalized spacial score (nSPS) is 11.1. The van der Waals surface area contributed by atoms with E-state index in [1.165, 1.54) is 21.4 Å². The van der Waals surface area contributed by atoms with Crippen LogP contribution >= 0.6 is 27.3 Å². The topological polar surface area (TPSA) is 12.9 Å². The van der Waals surface area contributed by atoms with Crippen molar-refractivity contribution in [2.24, 2.45) is 0 Å². The number of hydrogen-bond acceptors (Lipinski definition) is 2. The highest BCUT2D eigenvalue weighted by atomic mass is 79.9. The molecule has 0 aliphatic carbocycles. The van der Waals surface area contributed by atoms with Gasteiger partial charge in [-0.3, -0.25) is 0 Å². The molecule has 1 aromatic heterocycles. The first-order valence-corrected chi connectivity index (χ1v) is 7.38. The van der Waals surface area contributed by atoms with E-state index in [9.17, 15) is 0 Å². The Bertz CT molecular complexity index is 730. The molecule has 0 amide bonds. The van der Waals surface area contributed by atoms with Gasteiger partial charge in [-0.25, -0.2) is 4.98 Å². The molecule has 0 aliphatic heterocycles. The first-order chi connectivity index (χ1) is 8.63. The van der Waals surface area contributed by atoms with Crippen LogP contribution in [0.4, 0.5) is 0 Å². The molecule has 0 fully saturated rings. The Morgan fingerprint density at radius 3 is 2.61 bits per heavy atom. The zero-order chi connectivity index (χ0) is 12.7. The number of rotatable bonds is 1. The predicted octanol–water partition coefficient (Wildman–Crippen LogP) is 5.34. The fourth-order valence-corrected chi connectivity index (χ4v) is 3.41. The van der Waals surface area contributed by atoms with Crippen molar-refractivity contribution in [2.75, 3.05) is 0 Å². The molecule has 1 heterocycles. The van der Waals surface area contributed by atoms with Crippen molar-refractivity contribution in [3.05, 3.63) is 52.0 Å². The number of halogens is 1. The highest BCUT2D eigenvalue weighted by molar-refractivity contribution is 9.10. The second kappa shape index (κ2) is 4.48. The summed E-state index contributed by atoms with van der Waals surface area (Å²) < 4.78 is 2.32. The molecule has 0 spiro atoms.